The molecule has 0 radical (unpaired) electrons. The summed E-state index contributed by atoms with van der Waals surface area (Å²) >= 11 is 0. The third-order valence-electron chi connectivity index (χ3n) is 3.81. The fraction of sp³-hybridized carbons (Fsp3) is 0.933. The molecule has 1 atom stereocenters. The van der Waals surface area contributed by atoms with Crippen molar-refractivity contribution in [2.45, 2.75) is 45.1 Å². The monoisotopic (exact) mass is 283 g/mol. The van der Waals surface area contributed by atoms with Crippen LogP contribution in [0, 0.1) is 5.92 Å². The molecule has 1 aliphatic carbocycles. The summed E-state index contributed by atoms with van der Waals surface area (Å²) in [6, 6.07) is 0. The van der Waals surface area contributed by atoms with E-state index >= 15 is 0 Å². The van der Waals surface area contributed by atoms with Crippen molar-refractivity contribution in [1.29, 1.82) is 0 Å². The van der Waals surface area contributed by atoms with Gasteiger partial charge < -0.3 is 20.1 Å². The molecule has 0 bridgehead atoms. The van der Waals surface area contributed by atoms with Gasteiger partial charge in [-0.2, -0.15) is 0 Å². The Balaban J connectivity index is 1.64. The third kappa shape index (κ3) is 5.67. The summed E-state index contributed by atoms with van der Waals surface area (Å²) in [5, 5.41) is 6.58. The Hall–Kier alpha value is -0.810. The summed E-state index contributed by atoms with van der Waals surface area (Å²) in [6.07, 6.45) is 4.93. The van der Waals surface area contributed by atoms with Gasteiger partial charge in [-0.25, -0.2) is 0 Å². The van der Waals surface area contributed by atoms with Crippen molar-refractivity contribution in [1.82, 2.24) is 10.6 Å². The number of nitrogens with one attached hydrogen (secondary N) is 2. The van der Waals surface area contributed by atoms with E-state index in [1.807, 2.05) is 0 Å². The zero-order valence-corrected chi connectivity index (χ0v) is 12.9. The van der Waals surface area contributed by atoms with Crippen LogP contribution in [0.25, 0.3) is 0 Å². The van der Waals surface area contributed by atoms with Crippen LogP contribution in [0.3, 0.4) is 0 Å². The van der Waals surface area contributed by atoms with E-state index in [-0.39, 0.29) is 5.60 Å². The Morgan fingerprint density at radius 3 is 2.90 bits per heavy atom. The second-order valence-electron chi connectivity index (χ2n) is 6.04. The maximum Gasteiger partial charge on any atom is 0.191 e. The number of aliphatic imine (C=N–C) groups is 1. The van der Waals surface area contributed by atoms with Crippen LogP contribution in [0.2, 0.25) is 0 Å². The number of nitrogens with zero attached hydrogens (tertiary/aromatic N) is 1. The van der Waals surface area contributed by atoms with E-state index < -0.39 is 0 Å². The summed E-state index contributed by atoms with van der Waals surface area (Å²) in [6.45, 7) is 9.13. The molecule has 1 saturated carbocycles. The highest BCUT2D eigenvalue weighted by atomic mass is 16.5. The van der Waals surface area contributed by atoms with Crippen LogP contribution in [0.4, 0.5) is 0 Å². The molecule has 0 aromatic heterocycles. The fourth-order valence-corrected chi connectivity index (χ4v) is 2.33. The van der Waals surface area contributed by atoms with E-state index in [4.69, 9.17) is 9.47 Å². The molecule has 116 valence electrons. The van der Waals surface area contributed by atoms with Gasteiger partial charge in [0.15, 0.2) is 5.96 Å². The van der Waals surface area contributed by atoms with E-state index in [1.54, 1.807) is 0 Å². The number of ether oxygens (including phenoxy) is 2. The van der Waals surface area contributed by atoms with Gasteiger partial charge in [0, 0.05) is 26.3 Å². The van der Waals surface area contributed by atoms with Crippen LogP contribution in [0.5, 0.6) is 0 Å². The Morgan fingerprint density at radius 2 is 2.25 bits per heavy atom. The second-order valence-corrected chi connectivity index (χ2v) is 6.04. The lowest BCUT2D eigenvalue weighted by Gasteiger charge is -2.21. The average molecular weight is 283 g/mol. The zero-order chi connectivity index (χ0) is 14.3. The molecule has 0 aromatic carbocycles. The molecule has 1 unspecified atom stereocenters. The first-order valence-corrected chi connectivity index (χ1v) is 7.96. The lowest BCUT2D eigenvalue weighted by molar-refractivity contribution is 0.0283. The molecule has 20 heavy (non-hydrogen) atoms. The smallest absolute Gasteiger partial charge is 0.191 e. The van der Waals surface area contributed by atoms with Crippen LogP contribution in [0.15, 0.2) is 4.99 Å². The predicted octanol–water partition coefficient (Wildman–Crippen LogP) is 1.54. The normalized spacial score (nSPS) is 26.8. The maximum atomic E-state index is 5.76. The van der Waals surface area contributed by atoms with Gasteiger partial charge in [-0.15, -0.1) is 0 Å². The first-order valence-electron chi connectivity index (χ1n) is 7.96. The van der Waals surface area contributed by atoms with E-state index in [0.717, 1.165) is 57.6 Å². The largest absolute Gasteiger partial charge is 0.379 e. The molecule has 5 heteroatoms. The van der Waals surface area contributed by atoms with Gasteiger partial charge in [0.05, 0.1) is 18.8 Å². The van der Waals surface area contributed by atoms with Gasteiger partial charge in [-0.05, 0) is 45.4 Å². The number of guanidine groups is 1. The van der Waals surface area contributed by atoms with Gasteiger partial charge in [0.2, 0.25) is 0 Å². The van der Waals surface area contributed by atoms with Gasteiger partial charge >= 0.3 is 0 Å². The summed E-state index contributed by atoms with van der Waals surface area (Å²) in [7, 11) is 0. The van der Waals surface area contributed by atoms with Crippen molar-refractivity contribution in [2.75, 3.05) is 39.5 Å². The maximum absolute atomic E-state index is 5.76. The van der Waals surface area contributed by atoms with Crippen molar-refractivity contribution in [3.8, 4) is 0 Å². The fourth-order valence-electron chi connectivity index (χ4n) is 2.33. The summed E-state index contributed by atoms with van der Waals surface area (Å²) < 4.78 is 11.4. The van der Waals surface area contributed by atoms with E-state index in [2.05, 4.69) is 29.5 Å². The SMILES string of the molecule is CCNC(=NCC1(C)CCCO1)NCCOCC1CC1. The quantitative estimate of drug-likeness (QED) is 0.403. The Kier molecular flexibility index (Phi) is 6.10. The third-order valence-corrected chi connectivity index (χ3v) is 3.81. The molecule has 0 spiro atoms. The van der Waals surface area contributed by atoms with Gasteiger partial charge in [-0.3, -0.25) is 4.99 Å². The lowest BCUT2D eigenvalue weighted by Crippen LogP contribution is -2.40. The Morgan fingerprint density at radius 1 is 1.40 bits per heavy atom. The van der Waals surface area contributed by atoms with Crippen LogP contribution >= 0.6 is 0 Å². The first-order chi connectivity index (χ1) is 9.72. The molecule has 1 heterocycles. The topological polar surface area (TPSA) is 54.9 Å². The molecule has 1 saturated heterocycles. The van der Waals surface area contributed by atoms with Crippen molar-refractivity contribution in [3.63, 3.8) is 0 Å². The number of hydrogen-bond acceptors (Lipinski definition) is 3. The summed E-state index contributed by atoms with van der Waals surface area (Å²) in [4.78, 5) is 4.63. The van der Waals surface area contributed by atoms with Crippen LogP contribution < -0.4 is 10.6 Å². The number of hydrogen-bond donors (Lipinski definition) is 2. The van der Waals surface area contributed by atoms with Crippen LogP contribution in [0.1, 0.15) is 39.5 Å². The lowest BCUT2D eigenvalue weighted by atomic mass is 10.0. The minimum Gasteiger partial charge on any atom is -0.379 e. The molecule has 0 aromatic rings. The predicted molar refractivity (Wildman–Crippen MR) is 81.1 cm³/mol. The minimum atomic E-state index is -0.0785. The van der Waals surface area contributed by atoms with Gasteiger partial charge in [-0.1, -0.05) is 0 Å². The molecule has 2 rings (SSSR count). The van der Waals surface area contributed by atoms with Crippen molar-refractivity contribution < 1.29 is 9.47 Å². The minimum absolute atomic E-state index is 0.0785. The standard InChI is InChI=1S/C15H29N3O2/c1-3-16-14(17-8-10-19-11-13-5-6-13)18-12-15(2)7-4-9-20-15/h13H,3-12H2,1-2H3,(H2,16,17,18). The summed E-state index contributed by atoms with van der Waals surface area (Å²) in [5.74, 6) is 1.69. The highest BCUT2D eigenvalue weighted by molar-refractivity contribution is 5.79. The molecule has 2 aliphatic rings. The van der Waals surface area contributed by atoms with Gasteiger partial charge in [0.25, 0.3) is 0 Å². The molecular formula is C15H29N3O2. The van der Waals surface area contributed by atoms with Crippen LogP contribution in [-0.4, -0.2) is 51.0 Å². The van der Waals surface area contributed by atoms with E-state index in [9.17, 15) is 0 Å². The van der Waals surface area contributed by atoms with Crippen LogP contribution in [-0.2, 0) is 9.47 Å². The summed E-state index contributed by atoms with van der Waals surface area (Å²) in [5.41, 5.74) is -0.0785. The average Bonchev–Trinajstić information content (AvgIpc) is 3.16. The number of rotatable bonds is 8. The molecular weight excluding hydrogens is 254 g/mol. The van der Waals surface area contributed by atoms with Crippen molar-refractivity contribution >= 4 is 5.96 Å². The molecule has 1 aliphatic heterocycles. The van der Waals surface area contributed by atoms with E-state index in [1.165, 1.54) is 12.8 Å². The second kappa shape index (κ2) is 7.84. The van der Waals surface area contributed by atoms with Crippen molar-refractivity contribution in [2.24, 2.45) is 10.9 Å². The molecule has 5 nitrogen and oxygen atoms in total. The van der Waals surface area contributed by atoms with Gasteiger partial charge in [0.1, 0.15) is 0 Å². The Labute approximate surface area is 122 Å². The zero-order valence-electron chi connectivity index (χ0n) is 12.9. The highest BCUT2D eigenvalue weighted by Crippen LogP contribution is 2.28. The first kappa shape index (κ1) is 15.6. The molecule has 2 fully saturated rings. The molecule has 2 N–H and O–H groups in total. The van der Waals surface area contributed by atoms with E-state index in [0.29, 0.717) is 6.54 Å². The molecule has 0 amide bonds. The highest BCUT2D eigenvalue weighted by Gasteiger charge is 2.29. The Bertz CT molecular complexity index is 310. The van der Waals surface area contributed by atoms with Crippen molar-refractivity contribution in [3.05, 3.63) is 0 Å².